The summed E-state index contributed by atoms with van der Waals surface area (Å²) < 4.78 is 1.80. The lowest BCUT2D eigenvalue weighted by molar-refractivity contribution is -0.114. The van der Waals surface area contributed by atoms with Gasteiger partial charge in [-0.15, -0.1) is 11.3 Å². The van der Waals surface area contributed by atoms with Crippen LogP contribution in [0.5, 0.6) is 0 Å². The highest BCUT2D eigenvalue weighted by atomic mass is 32.1. The molecule has 23 heavy (non-hydrogen) atoms. The zero-order valence-electron chi connectivity index (χ0n) is 13.2. The maximum Gasteiger partial charge on any atom is 0.273 e. The summed E-state index contributed by atoms with van der Waals surface area (Å²) in [6.45, 7) is 2.91. The molecule has 8 heteroatoms. The van der Waals surface area contributed by atoms with Crippen LogP contribution in [-0.2, 0) is 18.3 Å². The number of hydrogen-bond donors (Lipinski definition) is 1. The quantitative estimate of drug-likeness (QED) is 0.920. The van der Waals surface area contributed by atoms with Crippen molar-refractivity contribution in [2.45, 2.75) is 19.8 Å². The summed E-state index contributed by atoms with van der Waals surface area (Å²) in [5, 5.41) is 8.94. The van der Waals surface area contributed by atoms with Gasteiger partial charge in [-0.2, -0.15) is 5.10 Å². The Hall–Kier alpha value is -2.22. The number of nitrogens with one attached hydrogen (secondary N) is 1. The number of aryl methyl sites for hydroxylation is 1. The van der Waals surface area contributed by atoms with Crippen LogP contribution in [-0.4, -0.2) is 44.6 Å². The molecule has 2 amide bonds. The minimum absolute atomic E-state index is 0.0634. The molecule has 3 heterocycles. The van der Waals surface area contributed by atoms with Gasteiger partial charge in [-0.3, -0.25) is 14.3 Å². The lowest BCUT2D eigenvalue weighted by atomic mass is 10.0. The van der Waals surface area contributed by atoms with Crippen LogP contribution in [0.3, 0.4) is 0 Å². The molecule has 1 unspecified atom stereocenters. The second-order valence-corrected chi connectivity index (χ2v) is 6.71. The van der Waals surface area contributed by atoms with Gasteiger partial charge >= 0.3 is 0 Å². The van der Waals surface area contributed by atoms with Crippen LogP contribution in [0.25, 0.3) is 0 Å². The van der Waals surface area contributed by atoms with E-state index in [2.05, 4.69) is 15.4 Å². The topological polar surface area (TPSA) is 80.1 Å². The largest absolute Gasteiger partial charge is 0.337 e. The second-order valence-electron chi connectivity index (χ2n) is 5.85. The molecule has 1 saturated heterocycles. The SMILES string of the molecule is CC(=O)Nc1nc(C(=O)N2CCC(Cc3cnn(C)c3)C2)cs1. The molecule has 0 radical (unpaired) electrons. The van der Waals surface area contributed by atoms with E-state index in [4.69, 9.17) is 0 Å². The monoisotopic (exact) mass is 333 g/mol. The molecule has 3 rings (SSSR count). The lowest BCUT2D eigenvalue weighted by Crippen LogP contribution is -2.29. The lowest BCUT2D eigenvalue weighted by Gasteiger charge is -2.14. The number of amides is 2. The fourth-order valence-corrected chi connectivity index (χ4v) is 3.57. The van der Waals surface area contributed by atoms with Crippen molar-refractivity contribution < 1.29 is 9.59 Å². The molecular formula is C15H19N5O2S. The van der Waals surface area contributed by atoms with Crippen LogP contribution >= 0.6 is 11.3 Å². The van der Waals surface area contributed by atoms with Crippen LogP contribution in [0.1, 0.15) is 29.4 Å². The van der Waals surface area contributed by atoms with Crippen LogP contribution in [0, 0.1) is 5.92 Å². The average molecular weight is 333 g/mol. The minimum Gasteiger partial charge on any atom is -0.337 e. The number of aromatic nitrogens is 3. The minimum atomic E-state index is -0.184. The maximum absolute atomic E-state index is 12.5. The standard InChI is InChI=1S/C15H19N5O2S/c1-10(21)17-15-18-13(9-23-15)14(22)20-4-3-11(8-20)5-12-6-16-19(2)7-12/h6-7,9,11H,3-5,8H2,1-2H3,(H,17,18,21). The number of thiazole rings is 1. The Kier molecular flexibility index (Phi) is 4.42. The number of anilines is 1. The fourth-order valence-electron chi connectivity index (χ4n) is 2.84. The van der Waals surface area contributed by atoms with E-state index < -0.39 is 0 Å². The van der Waals surface area contributed by atoms with Crippen LogP contribution in [0.4, 0.5) is 5.13 Å². The van der Waals surface area contributed by atoms with Gasteiger partial charge in [0.1, 0.15) is 5.69 Å². The third-order valence-corrected chi connectivity index (χ3v) is 4.62. The number of nitrogens with zero attached hydrogens (tertiary/aromatic N) is 4. The van der Waals surface area contributed by atoms with Crippen molar-refractivity contribution in [3.8, 4) is 0 Å². The molecular weight excluding hydrogens is 314 g/mol. The van der Waals surface area contributed by atoms with Crippen molar-refractivity contribution in [1.29, 1.82) is 0 Å². The average Bonchev–Trinajstić information content (AvgIpc) is 3.20. The summed E-state index contributed by atoms with van der Waals surface area (Å²) >= 11 is 1.27. The summed E-state index contributed by atoms with van der Waals surface area (Å²) in [4.78, 5) is 29.5. The maximum atomic E-state index is 12.5. The number of carbonyl (C=O) groups is 2. The van der Waals surface area contributed by atoms with Gasteiger partial charge in [-0.25, -0.2) is 4.98 Å². The van der Waals surface area contributed by atoms with E-state index in [1.165, 1.54) is 23.8 Å². The number of likely N-dealkylation sites (tertiary alicyclic amines) is 1. The molecule has 122 valence electrons. The molecule has 0 aliphatic carbocycles. The molecule has 0 saturated carbocycles. The highest BCUT2D eigenvalue weighted by molar-refractivity contribution is 7.14. The molecule has 1 aliphatic heterocycles. The molecule has 1 atom stereocenters. The Bertz CT molecular complexity index is 723. The Morgan fingerprint density at radius 1 is 1.48 bits per heavy atom. The van der Waals surface area contributed by atoms with Gasteiger partial charge in [0.25, 0.3) is 5.91 Å². The Balaban J connectivity index is 1.58. The van der Waals surface area contributed by atoms with Gasteiger partial charge in [0, 0.05) is 38.6 Å². The van der Waals surface area contributed by atoms with Crippen LogP contribution < -0.4 is 5.32 Å². The predicted octanol–water partition coefficient (Wildman–Crippen LogP) is 1.54. The van der Waals surface area contributed by atoms with Gasteiger partial charge in [-0.05, 0) is 24.3 Å². The van der Waals surface area contributed by atoms with Crippen LogP contribution in [0.15, 0.2) is 17.8 Å². The van der Waals surface area contributed by atoms with Crippen molar-refractivity contribution in [1.82, 2.24) is 19.7 Å². The number of carbonyl (C=O) groups excluding carboxylic acids is 2. The van der Waals surface area contributed by atoms with Gasteiger partial charge in [0.15, 0.2) is 5.13 Å². The Labute approximate surface area is 138 Å². The molecule has 1 aliphatic rings. The molecule has 0 bridgehead atoms. The fraction of sp³-hybridized carbons (Fsp3) is 0.467. The normalized spacial score (nSPS) is 17.5. The first kappa shape index (κ1) is 15.7. The van der Waals surface area contributed by atoms with Crippen molar-refractivity contribution in [3.63, 3.8) is 0 Å². The Morgan fingerprint density at radius 2 is 2.30 bits per heavy atom. The van der Waals surface area contributed by atoms with E-state index in [1.807, 2.05) is 24.3 Å². The molecule has 1 fully saturated rings. The van der Waals surface area contributed by atoms with E-state index in [0.29, 0.717) is 16.7 Å². The predicted molar refractivity (Wildman–Crippen MR) is 87.3 cm³/mol. The molecule has 1 N–H and O–H groups in total. The summed E-state index contributed by atoms with van der Waals surface area (Å²) in [5.41, 5.74) is 1.61. The van der Waals surface area contributed by atoms with E-state index in [0.717, 1.165) is 25.9 Å². The molecule has 2 aromatic rings. The molecule has 2 aromatic heterocycles. The first-order valence-electron chi connectivity index (χ1n) is 7.51. The first-order chi connectivity index (χ1) is 11.0. The zero-order chi connectivity index (χ0) is 16.4. The van der Waals surface area contributed by atoms with E-state index in [9.17, 15) is 9.59 Å². The second kappa shape index (κ2) is 6.49. The third-order valence-electron chi connectivity index (χ3n) is 3.86. The van der Waals surface area contributed by atoms with E-state index >= 15 is 0 Å². The van der Waals surface area contributed by atoms with Gasteiger partial charge in [-0.1, -0.05) is 0 Å². The number of hydrogen-bond acceptors (Lipinski definition) is 5. The van der Waals surface area contributed by atoms with Crippen molar-refractivity contribution >= 4 is 28.3 Å². The highest BCUT2D eigenvalue weighted by Crippen LogP contribution is 2.23. The van der Waals surface area contributed by atoms with Crippen molar-refractivity contribution in [2.24, 2.45) is 13.0 Å². The third kappa shape index (κ3) is 3.76. The first-order valence-corrected chi connectivity index (χ1v) is 8.39. The Morgan fingerprint density at radius 3 is 3.00 bits per heavy atom. The van der Waals surface area contributed by atoms with E-state index in [1.54, 1.807) is 10.1 Å². The molecule has 7 nitrogen and oxygen atoms in total. The van der Waals surface area contributed by atoms with Gasteiger partial charge < -0.3 is 10.2 Å². The smallest absolute Gasteiger partial charge is 0.273 e. The van der Waals surface area contributed by atoms with Gasteiger partial charge in [0.05, 0.1) is 6.20 Å². The summed E-state index contributed by atoms with van der Waals surface area (Å²) in [5.74, 6) is 0.208. The number of rotatable bonds is 4. The van der Waals surface area contributed by atoms with Crippen molar-refractivity contribution in [2.75, 3.05) is 18.4 Å². The summed E-state index contributed by atoms with van der Waals surface area (Å²) in [6.07, 6.45) is 5.82. The molecule has 0 spiro atoms. The van der Waals surface area contributed by atoms with Crippen LogP contribution in [0.2, 0.25) is 0 Å². The zero-order valence-corrected chi connectivity index (χ0v) is 14.0. The van der Waals surface area contributed by atoms with Crippen molar-refractivity contribution in [3.05, 3.63) is 29.0 Å². The van der Waals surface area contributed by atoms with E-state index in [-0.39, 0.29) is 11.8 Å². The van der Waals surface area contributed by atoms with Gasteiger partial charge in [0.2, 0.25) is 5.91 Å². The highest BCUT2D eigenvalue weighted by Gasteiger charge is 2.28. The molecule has 0 aromatic carbocycles. The summed E-state index contributed by atoms with van der Waals surface area (Å²) in [6, 6.07) is 0. The summed E-state index contributed by atoms with van der Waals surface area (Å²) in [7, 11) is 1.91.